The van der Waals surface area contributed by atoms with Crippen LogP contribution in [0.4, 0.5) is 4.79 Å². The van der Waals surface area contributed by atoms with E-state index in [4.69, 9.17) is 21.1 Å². The molecule has 0 aromatic heterocycles. The zero-order valence-electron chi connectivity index (χ0n) is 13.0. The van der Waals surface area contributed by atoms with E-state index in [9.17, 15) is 4.79 Å². The van der Waals surface area contributed by atoms with Crippen molar-refractivity contribution in [2.24, 2.45) is 0 Å². The summed E-state index contributed by atoms with van der Waals surface area (Å²) in [5.41, 5.74) is 0. The second-order valence-corrected chi connectivity index (χ2v) is 5.78. The Morgan fingerprint density at radius 2 is 2.00 bits per heavy atom. The molecule has 1 aliphatic heterocycles. The van der Waals surface area contributed by atoms with Crippen LogP contribution in [0.3, 0.4) is 0 Å². The average Bonchev–Trinajstić information content (AvgIpc) is 2.50. The number of ether oxygens (including phenoxy) is 2. The van der Waals surface area contributed by atoms with Crippen LogP contribution in [0.25, 0.3) is 0 Å². The lowest BCUT2D eigenvalue weighted by molar-refractivity contribution is -0.0126. The van der Waals surface area contributed by atoms with Crippen LogP contribution in [0, 0.1) is 0 Å². The maximum Gasteiger partial charge on any atom is 0.407 e. The summed E-state index contributed by atoms with van der Waals surface area (Å²) < 4.78 is 11.3. The van der Waals surface area contributed by atoms with Gasteiger partial charge in [0.1, 0.15) is 18.1 Å². The average molecular weight is 327 g/mol. The maximum absolute atomic E-state index is 11.4. The van der Waals surface area contributed by atoms with Gasteiger partial charge in [-0.1, -0.05) is 11.6 Å². The Bertz CT molecular complexity index is 473. The number of rotatable bonds is 5. The van der Waals surface area contributed by atoms with Crippen molar-refractivity contribution in [1.82, 2.24) is 10.2 Å². The van der Waals surface area contributed by atoms with Crippen LogP contribution >= 0.6 is 11.6 Å². The number of nitrogens with one attached hydrogen (secondary N) is 1. The fourth-order valence-electron chi connectivity index (χ4n) is 2.48. The second-order valence-electron chi connectivity index (χ2n) is 5.34. The molecule has 0 spiro atoms. The van der Waals surface area contributed by atoms with E-state index in [-0.39, 0.29) is 18.4 Å². The SMILES string of the molecule is CCNC(=O)OC1CCN(C(C)Oc2ccc(Cl)cc2)CC1. The first-order valence-corrected chi connectivity index (χ1v) is 8.07. The van der Waals surface area contributed by atoms with Crippen LogP contribution in [0.1, 0.15) is 26.7 Å². The summed E-state index contributed by atoms with van der Waals surface area (Å²) in [5.74, 6) is 0.803. The monoisotopic (exact) mass is 326 g/mol. The highest BCUT2D eigenvalue weighted by Crippen LogP contribution is 2.20. The standard InChI is InChI=1S/C16H23ClN2O3/c1-3-18-16(20)22-15-8-10-19(11-9-15)12(2)21-14-6-4-13(17)5-7-14/h4-7,12,15H,3,8-11H2,1-2H3,(H,18,20). The van der Waals surface area contributed by atoms with Gasteiger partial charge in [0.2, 0.25) is 0 Å². The van der Waals surface area contributed by atoms with Crippen molar-refractivity contribution in [3.05, 3.63) is 29.3 Å². The van der Waals surface area contributed by atoms with E-state index < -0.39 is 0 Å². The molecule has 1 aliphatic rings. The van der Waals surface area contributed by atoms with Gasteiger partial charge in [0.25, 0.3) is 0 Å². The molecule has 1 fully saturated rings. The predicted molar refractivity (Wildman–Crippen MR) is 86.3 cm³/mol. The Morgan fingerprint density at radius 3 is 2.59 bits per heavy atom. The lowest BCUT2D eigenvalue weighted by Gasteiger charge is -2.35. The van der Waals surface area contributed by atoms with Crippen molar-refractivity contribution in [2.75, 3.05) is 19.6 Å². The zero-order valence-corrected chi connectivity index (χ0v) is 13.8. The molecule has 22 heavy (non-hydrogen) atoms. The van der Waals surface area contributed by atoms with E-state index >= 15 is 0 Å². The molecule has 1 atom stereocenters. The molecule has 2 rings (SSSR count). The van der Waals surface area contributed by atoms with Gasteiger partial charge in [-0.15, -0.1) is 0 Å². The molecule has 1 heterocycles. The number of alkyl carbamates (subject to hydrolysis) is 1. The molecular formula is C16H23ClN2O3. The summed E-state index contributed by atoms with van der Waals surface area (Å²) in [6.07, 6.45) is 1.29. The van der Waals surface area contributed by atoms with E-state index in [0.717, 1.165) is 31.7 Å². The number of hydrogen-bond acceptors (Lipinski definition) is 4. The number of halogens is 1. The van der Waals surface area contributed by atoms with Gasteiger partial charge in [-0.3, -0.25) is 4.90 Å². The van der Waals surface area contributed by atoms with Crippen LogP contribution in [0.5, 0.6) is 5.75 Å². The van der Waals surface area contributed by atoms with Crippen LogP contribution < -0.4 is 10.1 Å². The highest BCUT2D eigenvalue weighted by Gasteiger charge is 2.25. The van der Waals surface area contributed by atoms with Gasteiger partial charge in [0, 0.05) is 24.7 Å². The minimum atomic E-state index is -0.327. The lowest BCUT2D eigenvalue weighted by Crippen LogP contribution is -2.45. The normalized spacial score (nSPS) is 17.8. The van der Waals surface area contributed by atoms with Gasteiger partial charge in [0.15, 0.2) is 0 Å². The van der Waals surface area contributed by atoms with Gasteiger partial charge in [0.05, 0.1) is 0 Å². The fraction of sp³-hybridized carbons (Fsp3) is 0.562. The molecule has 1 aromatic rings. The topological polar surface area (TPSA) is 50.8 Å². The van der Waals surface area contributed by atoms with Crippen LogP contribution in [-0.2, 0) is 4.74 Å². The van der Waals surface area contributed by atoms with Crippen molar-refractivity contribution < 1.29 is 14.3 Å². The van der Waals surface area contributed by atoms with Gasteiger partial charge in [-0.2, -0.15) is 0 Å². The Morgan fingerprint density at radius 1 is 1.36 bits per heavy atom. The van der Waals surface area contributed by atoms with Crippen LogP contribution in [-0.4, -0.2) is 43.0 Å². The predicted octanol–water partition coefficient (Wildman–Crippen LogP) is 3.28. The van der Waals surface area contributed by atoms with E-state index in [1.54, 1.807) is 0 Å². The number of carbonyl (C=O) groups excluding carboxylic acids is 1. The number of hydrogen-bond donors (Lipinski definition) is 1. The molecule has 6 heteroatoms. The van der Waals surface area contributed by atoms with Crippen molar-refractivity contribution in [3.63, 3.8) is 0 Å². The molecule has 5 nitrogen and oxygen atoms in total. The number of nitrogens with zero attached hydrogens (tertiary/aromatic N) is 1. The molecule has 0 bridgehead atoms. The molecule has 1 amide bonds. The molecule has 1 aromatic carbocycles. The van der Waals surface area contributed by atoms with E-state index in [2.05, 4.69) is 10.2 Å². The molecule has 0 aliphatic carbocycles. The van der Waals surface area contributed by atoms with Gasteiger partial charge >= 0.3 is 6.09 Å². The van der Waals surface area contributed by atoms with Crippen molar-refractivity contribution in [1.29, 1.82) is 0 Å². The maximum atomic E-state index is 11.4. The molecule has 0 radical (unpaired) electrons. The number of piperidine rings is 1. The molecule has 1 saturated heterocycles. The zero-order chi connectivity index (χ0) is 15.9. The third-order valence-electron chi connectivity index (χ3n) is 3.71. The van der Waals surface area contributed by atoms with E-state index in [1.807, 2.05) is 38.1 Å². The summed E-state index contributed by atoms with van der Waals surface area (Å²) in [6, 6.07) is 7.36. The number of benzene rings is 1. The molecular weight excluding hydrogens is 304 g/mol. The van der Waals surface area contributed by atoms with E-state index in [0.29, 0.717) is 11.6 Å². The first-order chi connectivity index (χ1) is 10.6. The largest absolute Gasteiger partial charge is 0.475 e. The van der Waals surface area contributed by atoms with Crippen molar-refractivity contribution in [2.45, 2.75) is 39.0 Å². The number of carbonyl (C=O) groups is 1. The van der Waals surface area contributed by atoms with Crippen molar-refractivity contribution >= 4 is 17.7 Å². The third-order valence-corrected chi connectivity index (χ3v) is 3.96. The Labute approximate surface area is 136 Å². The van der Waals surface area contributed by atoms with Crippen LogP contribution in [0.15, 0.2) is 24.3 Å². The highest BCUT2D eigenvalue weighted by molar-refractivity contribution is 6.30. The quantitative estimate of drug-likeness (QED) is 0.902. The first kappa shape index (κ1) is 16.9. The van der Waals surface area contributed by atoms with Gasteiger partial charge in [-0.05, 0) is 51.0 Å². The third kappa shape index (κ3) is 5.07. The van der Waals surface area contributed by atoms with Gasteiger partial charge < -0.3 is 14.8 Å². The molecule has 1 N–H and O–H groups in total. The smallest absolute Gasteiger partial charge is 0.407 e. The van der Waals surface area contributed by atoms with Crippen LogP contribution in [0.2, 0.25) is 5.02 Å². The number of likely N-dealkylation sites (tertiary alicyclic amines) is 1. The lowest BCUT2D eigenvalue weighted by atomic mass is 10.1. The first-order valence-electron chi connectivity index (χ1n) is 7.69. The minimum absolute atomic E-state index is 0.00877. The summed E-state index contributed by atoms with van der Waals surface area (Å²) >= 11 is 5.86. The highest BCUT2D eigenvalue weighted by atomic mass is 35.5. The van der Waals surface area contributed by atoms with Crippen molar-refractivity contribution in [3.8, 4) is 5.75 Å². The fourth-order valence-corrected chi connectivity index (χ4v) is 2.61. The summed E-state index contributed by atoms with van der Waals surface area (Å²) in [6.45, 7) is 6.18. The molecule has 122 valence electrons. The Balaban J connectivity index is 1.76. The molecule has 1 unspecified atom stereocenters. The Kier molecular flexibility index (Phi) is 6.34. The van der Waals surface area contributed by atoms with Gasteiger partial charge in [-0.25, -0.2) is 4.79 Å². The van der Waals surface area contributed by atoms with E-state index in [1.165, 1.54) is 0 Å². The summed E-state index contributed by atoms with van der Waals surface area (Å²) in [7, 11) is 0. The summed E-state index contributed by atoms with van der Waals surface area (Å²) in [5, 5.41) is 3.35. The summed E-state index contributed by atoms with van der Waals surface area (Å²) in [4.78, 5) is 13.7. The minimum Gasteiger partial charge on any atom is -0.475 e. The second kappa shape index (κ2) is 8.25. The Hall–Kier alpha value is -1.46. The molecule has 0 saturated carbocycles. The number of amides is 1.